The molecule has 1 aliphatic rings. The molecule has 2 rings (SSSR count). The van der Waals surface area contributed by atoms with Crippen LogP contribution in [-0.2, 0) is 0 Å². The Hall–Kier alpha value is -1.04. The Kier molecular flexibility index (Phi) is 7.55. The van der Waals surface area contributed by atoms with Crippen LogP contribution in [0.2, 0.25) is 0 Å². The number of rotatable bonds is 4. The van der Waals surface area contributed by atoms with Crippen molar-refractivity contribution < 1.29 is 0 Å². The third-order valence-corrected chi connectivity index (χ3v) is 3.15. The topological polar surface area (TPSA) is 50.4 Å². The lowest BCUT2D eigenvalue weighted by Crippen LogP contribution is -2.22. The van der Waals surface area contributed by atoms with E-state index in [0.717, 1.165) is 18.7 Å². The van der Waals surface area contributed by atoms with Gasteiger partial charge in [0.1, 0.15) is 0 Å². The van der Waals surface area contributed by atoms with E-state index >= 15 is 0 Å². The fourth-order valence-electron chi connectivity index (χ4n) is 2.16. The van der Waals surface area contributed by atoms with Crippen molar-refractivity contribution in [2.24, 2.45) is 10.7 Å². The average molecular weight is 371 g/mol. The molecule has 4 heteroatoms. The average Bonchev–Trinajstić information content (AvgIpc) is 2.41. The lowest BCUT2D eigenvalue weighted by Gasteiger charge is -2.11. The minimum absolute atomic E-state index is 0. The summed E-state index contributed by atoms with van der Waals surface area (Å²) >= 11 is 0. The molecule has 0 radical (unpaired) electrons. The van der Waals surface area contributed by atoms with Crippen LogP contribution in [0.3, 0.4) is 0 Å². The molecule has 3 nitrogen and oxygen atoms in total. The van der Waals surface area contributed by atoms with E-state index < -0.39 is 0 Å². The van der Waals surface area contributed by atoms with E-state index in [4.69, 9.17) is 5.73 Å². The number of nitrogens with one attached hydrogen (secondary N) is 1. The van der Waals surface area contributed by atoms with E-state index in [1.54, 1.807) is 0 Å². The molecular weight excluding hydrogens is 349 g/mol. The van der Waals surface area contributed by atoms with E-state index in [2.05, 4.69) is 16.4 Å². The SMILES string of the molecule is I.NC(=NCCC1=CCCCC1)Nc1ccccc1. The summed E-state index contributed by atoms with van der Waals surface area (Å²) in [6, 6.07) is 9.89. The lowest BCUT2D eigenvalue weighted by atomic mass is 9.97. The van der Waals surface area contributed by atoms with Crippen molar-refractivity contribution in [3.05, 3.63) is 42.0 Å². The van der Waals surface area contributed by atoms with Gasteiger partial charge in [-0.3, -0.25) is 4.99 Å². The molecule has 0 fully saturated rings. The molecule has 1 aromatic carbocycles. The number of aliphatic imine (C=N–C) groups is 1. The van der Waals surface area contributed by atoms with Crippen LogP contribution in [0.5, 0.6) is 0 Å². The Morgan fingerprint density at radius 2 is 2.00 bits per heavy atom. The van der Waals surface area contributed by atoms with Gasteiger partial charge < -0.3 is 11.1 Å². The second-order valence-electron chi connectivity index (χ2n) is 4.62. The Morgan fingerprint density at radius 3 is 2.68 bits per heavy atom. The maximum atomic E-state index is 5.84. The summed E-state index contributed by atoms with van der Waals surface area (Å²) in [4.78, 5) is 4.36. The van der Waals surface area contributed by atoms with Gasteiger partial charge in [0.15, 0.2) is 5.96 Å². The van der Waals surface area contributed by atoms with Gasteiger partial charge in [-0.2, -0.15) is 0 Å². The van der Waals surface area contributed by atoms with E-state index in [0.29, 0.717) is 5.96 Å². The summed E-state index contributed by atoms with van der Waals surface area (Å²) in [5.41, 5.74) is 8.36. The highest BCUT2D eigenvalue weighted by molar-refractivity contribution is 14.0. The van der Waals surface area contributed by atoms with Gasteiger partial charge in [-0.1, -0.05) is 29.8 Å². The van der Waals surface area contributed by atoms with Gasteiger partial charge in [0.25, 0.3) is 0 Å². The zero-order valence-electron chi connectivity index (χ0n) is 11.1. The molecular formula is C15H22IN3. The number of anilines is 1. The lowest BCUT2D eigenvalue weighted by molar-refractivity contribution is 0.676. The van der Waals surface area contributed by atoms with Gasteiger partial charge >= 0.3 is 0 Å². The summed E-state index contributed by atoms with van der Waals surface area (Å²) in [7, 11) is 0. The molecule has 0 aromatic heterocycles. The smallest absolute Gasteiger partial charge is 0.193 e. The molecule has 19 heavy (non-hydrogen) atoms. The third-order valence-electron chi connectivity index (χ3n) is 3.15. The molecule has 0 heterocycles. The van der Waals surface area contributed by atoms with Gasteiger partial charge in [-0.05, 0) is 44.2 Å². The predicted octanol–water partition coefficient (Wildman–Crippen LogP) is 3.92. The first-order valence-corrected chi connectivity index (χ1v) is 6.64. The van der Waals surface area contributed by atoms with Gasteiger partial charge in [-0.15, -0.1) is 24.0 Å². The molecule has 0 amide bonds. The summed E-state index contributed by atoms with van der Waals surface area (Å²) in [6.07, 6.45) is 8.53. The zero-order chi connectivity index (χ0) is 12.6. The van der Waals surface area contributed by atoms with Crippen LogP contribution in [0, 0.1) is 0 Å². The minimum Gasteiger partial charge on any atom is -0.370 e. The predicted molar refractivity (Wildman–Crippen MR) is 93.1 cm³/mol. The number of halogens is 1. The number of hydrogen-bond acceptors (Lipinski definition) is 1. The number of benzene rings is 1. The van der Waals surface area contributed by atoms with E-state index in [1.807, 2.05) is 30.3 Å². The molecule has 1 aromatic rings. The minimum atomic E-state index is 0. The van der Waals surface area contributed by atoms with Crippen LogP contribution in [0.4, 0.5) is 5.69 Å². The summed E-state index contributed by atoms with van der Waals surface area (Å²) < 4.78 is 0. The van der Waals surface area contributed by atoms with Gasteiger partial charge in [-0.25, -0.2) is 0 Å². The molecule has 0 unspecified atom stereocenters. The highest BCUT2D eigenvalue weighted by Gasteiger charge is 2.02. The van der Waals surface area contributed by atoms with Crippen LogP contribution >= 0.6 is 24.0 Å². The maximum absolute atomic E-state index is 5.84. The normalized spacial score (nSPS) is 15.4. The van der Waals surface area contributed by atoms with Gasteiger partial charge in [0.05, 0.1) is 0 Å². The van der Waals surface area contributed by atoms with E-state index in [1.165, 1.54) is 31.3 Å². The number of guanidine groups is 1. The highest BCUT2D eigenvalue weighted by Crippen LogP contribution is 2.19. The Morgan fingerprint density at radius 1 is 1.21 bits per heavy atom. The molecule has 1 aliphatic carbocycles. The standard InChI is InChI=1S/C15H21N3.HI/c16-15(18-14-9-5-2-6-10-14)17-12-11-13-7-3-1-4-8-13;/h2,5-7,9-10H,1,3-4,8,11-12H2,(H3,16,17,18);1H. The van der Waals surface area contributed by atoms with Crippen molar-refractivity contribution in [3.8, 4) is 0 Å². The zero-order valence-corrected chi connectivity index (χ0v) is 13.5. The van der Waals surface area contributed by atoms with Crippen molar-refractivity contribution in [1.82, 2.24) is 0 Å². The Labute approximate surface area is 132 Å². The van der Waals surface area contributed by atoms with Gasteiger partial charge in [0.2, 0.25) is 0 Å². The van der Waals surface area contributed by atoms with Crippen molar-refractivity contribution in [2.75, 3.05) is 11.9 Å². The summed E-state index contributed by atoms with van der Waals surface area (Å²) in [6.45, 7) is 0.775. The fourth-order valence-corrected chi connectivity index (χ4v) is 2.16. The largest absolute Gasteiger partial charge is 0.370 e. The monoisotopic (exact) mass is 371 g/mol. The Bertz CT molecular complexity index is 426. The second kappa shape index (κ2) is 8.96. The van der Waals surface area contributed by atoms with Crippen LogP contribution in [-0.4, -0.2) is 12.5 Å². The van der Waals surface area contributed by atoms with Crippen molar-refractivity contribution >= 4 is 35.6 Å². The van der Waals surface area contributed by atoms with Crippen molar-refractivity contribution in [3.63, 3.8) is 0 Å². The quantitative estimate of drug-likeness (QED) is 0.365. The summed E-state index contributed by atoms with van der Waals surface area (Å²) in [5.74, 6) is 0.498. The maximum Gasteiger partial charge on any atom is 0.193 e. The van der Waals surface area contributed by atoms with Crippen LogP contribution in [0.1, 0.15) is 32.1 Å². The molecule has 0 spiro atoms. The molecule has 0 saturated carbocycles. The van der Waals surface area contributed by atoms with Crippen LogP contribution in [0.15, 0.2) is 47.0 Å². The fraction of sp³-hybridized carbons (Fsp3) is 0.400. The molecule has 3 N–H and O–H groups in total. The highest BCUT2D eigenvalue weighted by atomic mass is 127. The first-order chi connectivity index (χ1) is 8.84. The first kappa shape index (κ1) is 16.0. The van der Waals surface area contributed by atoms with Crippen LogP contribution in [0.25, 0.3) is 0 Å². The third kappa shape index (κ3) is 6.09. The number of nitrogens with two attached hydrogens (primary N) is 1. The molecule has 0 saturated heterocycles. The van der Waals surface area contributed by atoms with Gasteiger partial charge in [0, 0.05) is 12.2 Å². The molecule has 0 bridgehead atoms. The number of para-hydroxylation sites is 1. The van der Waals surface area contributed by atoms with Crippen LogP contribution < -0.4 is 11.1 Å². The number of hydrogen-bond donors (Lipinski definition) is 2. The summed E-state index contributed by atoms with van der Waals surface area (Å²) in [5, 5.41) is 3.09. The van der Waals surface area contributed by atoms with E-state index in [-0.39, 0.29) is 24.0 Å². The first-order valence-electron chi connectivity index (χ1n) is 6.64. The number of nitrogens with zero attached hydrogens (tertiary/aromatic N) is 1. The second-order valence-corrected chi connectivity index (χ2v) is 4.62. The molecule has 0 aliphatic heterocycles. The molecule has 0 atom stereocenters. The Balaban J connectivity index is 0.00000180. The van der Waals surface area contributed by atoms with E-state index in [9.17, 15) is 0 Å². The van der Waals surface area contributed by atoms with Crippen molar-refractivity contribution in [1.29, 1.82) is 0 Å². The number of allylic oxidation sites excluding steroid dienone is 1. The molecule has 104 valence electrons. The van der Waals surface area contributed by atoms with Crippen molar-refractivity contribution in [2.45, 2.75) is 32.1 Å².